The van der Waals surface area contributed by atoms with E-state index in [0.29, 0.717) is 0 Å². The van der Waals surface area contributed by atoms with Crippen LogP contribution in [0.4, 0.5) is 0 Å². The normalized spacial score (nSPS) is 11.3. The molecule has 0 rings (SSSR count). The van der Waals surface area contributed by atoms with Crippen LogP contribution in [-0.2, 0) is 0 Å². The van der Waals surface area contributed by atoms with E-state index in [2.05, 4.69) is 13.8 Å². The first-order valence-electron chi connectivity index (χ1n) is 8.41. The van der Waals surface area contributed by atoms with Crippen molar-refractivity contribution in [3.63, 3.8) is 0 Å². The summed E-state index contributed by atoms with van der Waals surface area (Å²) in [4.78, 5) is 0. The van der Waals surface area contributed by atoms with E-state index >= 15 is 0 Å². The Morgan fingerprint density at radius 2 is 1.06 bits per heavy atom. The molecule has 0 spiro atoms. The summed E-state index contributed by atoms with van der Waals surface area (Å²) in [5.41, 5.74) is 0. The van der Waals surface area contributed by atoms with Gasteiger partial charge in [-0.1, -0.05) is 0 Å². The molecule has 0 saturated carbocycles. The summed E-state index contributed by atoms with van der Waals surface area (Å²) in [5.74, 6) is 0.854. The Hall–Kier alpha value is 1.09. The molecule has 0 aromatic heterocycles. The molecule has 0 amide bonds. The van der Waals surface area contributed by atoms with Crippen molar-refractivity contribution < 1.29 is 0 Å². The second-order valence-corrected chi connectivity index (χ2v) is 16.0. The molecular formula is C16H35ClSn. The molecule has 0 aliphatic carbocycles. The van der Waals surface area contributed by atoms with Crippen molar-refractivity contribution >= 4 is 31.4 Å². The first kappa shape index (κ1) is 19.1. The van der Waals surface area contributed by atoms with Crippen molar-refractivity contribution in [2.75, 3.05) is 5.88 Å². The van der Waals surface area contributed by atoms with E-state index in [4.69, 9.17) is 11.6 Å². The van der Waals surface area contributed by atoms with Crippen molar-refractivity contribution in [2.24, 2.45) is 0 Å². The monoisotopic (exact) mass is 382 g/mol. The number of hydrogen-bond acceptors (Lipinski definition) is 0. The van der Waals surface area contributed by atoms with E-state index in [1.165, 1.54) is 57.8 Å². The molecule has 0 aromatic carbocycles. The van der Waals surface area contributed by atoms with Crippen LogP contribution in [0.25, 0.3) is 0 Å². The van der Waals surface area contributed by atoms with Gasteiger partial charge in [-0.15, -0.1) is 0 Å². The molecule has 0 nitrogen and oxygen atoms in total. The minimum atomic E-state index is -1.06. The molecule has 2 heteroatoms. The van der Waals surface area contributed by atoms with Gasteiger partial charge in [0.05, 0.1) is 0 Å². The first-order chi connectivity index (χ1) is 8.85. The first-order valence-corrected chi connectivity index (χ1v) is 15.9. The van der Waals surface area contributed by atoms with Crippen LogP contribution in [-0.4, -0.2) is 25.6 Å². The zero-order valence-corrected chi connectivity index (χ0v) is 16.9. The molecule has 0 aromatic rings. The third kappa shape index (κ3) is 13.5. The van der Waals surface area contributed by atoms with Gasteiger partial charge < -0.3 is 0 Å². The minimum absolute atomic E-state index is 0.854. The zero-order valence-electron chi connectivity index (χ0n) is 12.9. The van der Waals surface area contributed by atoms with Crippen LogP contribution in [0.3, 0.4) is 0 Å². The molecule has 18 heavy (non-hydrogen) atoms. The van der Waals surface area contributed by atoms with Crippen molar-refractivity contribution in [1.29, 1.82) is 0 Å². The van der Waals surface area contributed by atoms with Crippen LogP contribution in [0.5, 0.6) is 0 Å². The molecule has 0 heterocycles. The van der Waals surface area contributed by atoms with Crippen molar-refractivity contribution in [3.8, 4) is 0 Å². The van der Waals surface area contributed by atoms with Crippen molar-refractivity contribution in [3.05, 3.63) is 0 Å². The third-order valence-corrected chi connectivity index (χ3v) is 14.7. The maximum absolute atomic E-state index is 5.69. The Morgan fingerprint density at radius 3 is 1.56 bits per heavy atom. The van der Waals surface area contributed by atoms with E-state index in [1.54, 1.807) is 19.7 Å². The van der Waals surface area contributed by atoms with Crippen LogP contribution < -0.4 is 0 Å². The van der Waals surface area contributed by atoms with Gasteiger partial charge in [0.1, 0.15) is 0 Å². The van der Waals surface area contributed by atoms with Crippen molar-refractivity contribution in [1.82, 2.24) is 0 Å². The van der Waals surface area contributed by atoms with Gasteiger partial charge in [0.15, 0.2) is 0 Å². The van der Waals surface area contributed by atoms with Gasteiger partial charge in [-0.2, -0.15) is 0 Å². The molecule has 0 saturated heterocycles. The predicted molar refractivity (Wildman–Crippen MR) is 89.8 cm³/mol. The van der Waals surface area contributed by atoms with Crippen LogP contribution in [0, 0.1) is 0 Å². The van der Waals surface area contributed by atoms with Gasteiger partial charge in [-0.3, -0.25) is 0 Å². The SMILES string of the molecule is CCC[CH2][SnH]([CH2]CCC)[CH2]CCCCCCCCl. The van der Waals surface area contributed by atoms with Gasteiger partial charge in [0, 0.05) is 0 Å². The number of rotatable bonds is 14. The molecular weight excluding hydrogens is 346 g/mol. The molecule has 0 atom stereocenters. The van der Waals surface area contributed by atoms with Gasteiger partial charge >= 0.3 is 129 Å². The predicted octanol–water partition coefficient (Wildman–Crippen LogP) is 6.39. The average Bonchev–Trinajstić information content (AvgIpc) is 2.40. The summed E-state index contributed by atoms with van der Waals surface area (Å²) in [7, 11) is 0. The zero-order chi connectivity index (χ0) is 13.5. The Balaban J connectivity index is 3.43. The molecule has 0 unspecified atom stereocenters. The van der Waals surface area contributed by atoms with Gasteiger partial charge in [-0.05, 0) is 0 Å². The van der Waals surface area contributed by atoms with Crippen molar-refractivity contribution in [2.45, 2.75) is 91.4 Å². The molecule has 110 valence electrons. The van der Waals surface area contributed by atoms with Gasteiger partial charge in [0.2, 0.25) is 0 Å². The van der Waals surface area contributed by atoms with E-state index in [0.717, 1.165) is 5.88 Å². The quantitative estimate of drug-likeness (QED) is 0.186. The third-order valence-electron chi connectivity index (χ3n) is 3.93. The Morgan fingerprint density at radius 1 is 0.611 bits per heavy atom. The Labute approximate surface area is 128 Å². The van der Waals surface area contributed by atoms with Crippen LogP contribution >= 0.6 is 11.6 Å². The molecule has 0 radical (unpaired) electrons. The number of halogens is 1. The summed E-state index contributed by atoms with van der Waals surface area (Å²) >= 11 is 4.63. The summed E-state index contributed by atoms with van der Waals surface area (Å²) in [6.45, 7) is 4.69. The summed E-state index contributed by atoms with van der Waals surface area (Å²) in [6.07, 6.45) is 14.4. The van der Waals surface area contributed by atoms with E-state index in [-0.39, 0.29) is 0 Å². The number of hydrogen-bond donors (Lipinski definition) is 0. The second kappa shape index (κ2) is 16.1. The van der Waals surface area contributed by atoms with E-state index in [1.807, 2.05) is 0 Å². The van der Waals surface area contributed by atoms with Crippen LogP contribution in [0.2, 0.25) is 13.3 Å². The Kier molecular flexibility index (Phi) is 17.1. The van der Waals surface area contributed by atoms with Crippen LogP contribution in [0.1, 0.15) is 78.1 Å². The number of unbranched alkanes of at least 4 members (excludes halogenated alkanes) is 7. The summed E-state index contributed by atoms with van der Waals surface area (Å²) in [5, 5.41) is 0. The molecule has 0 N–H and O–H groups in total. The molecule has 0 bridgehead atoms. The summed E-state index contributed by atoms with van der Waals surface area (Å²) in [6, 6.07) is 0. The Bertz CT molecular complexity index is 142. The van der Waals surface area contributed by atoms with Gasteiger partial charge in [-0.25, -0.2) is 0 Å². The van der Waals surface area contributed by atoms with Gasteiger partial charge in [0.25, 0.3) is 0 Å². The topological polar surface area (TPSA) is 0 Å². The summed E-state index contributed by atoms with van der Waals surface area (Å²) < 4.78 is 5.06. The second-order valence-electron chi connectivity index (χ2n) is 5.75. The molecule has 0 fully saturated rings. The van der Waals surface area contributed by atoms with E-state index in [9.17, 15) is 0 Å². The van der Waals surface area contributed by atoms with Crippen LogP contribution in [0.15, 0.2) is 0 Å². The molecule has 0 aliphatic rings. The standard InChI is InChI=1S/C8H16Cl.2C4H9.Sn.H/c1-2-3-4-5-6-7-8-9;2*1-3-4-2;;/h1-8H2;2*1,3-4H2,2H3;;. The number of alkyl halides is 1. The fourth-order valence-corrected chi connectivity index (χ4v) is 13.4. The van der Waals surface area contributed by atoms with E-state index < -0.39 is 19.8 Å². The molecule has 0 aliphatic heterocycles. The fraction of sp³-hybridized carbons (Fsp3) is 1.00. The average molecular weight is 382 g/mol. The maximum atomic E-state index is 5.69. The fourth-order valence-electron chi connectivity index (χ4n) is 2.65.